The Morgan fingerprint density at radius 3 is 2.38 bits per heavy atom. The molecule has 0 saturated heterocycles. The predicted octanol–water partition coefficient (Wildman–Crippen LogP) is 4.60. The van der Waals surface area contributed by atoms with Gasteiger partial charge in [0.25, 0.3) is 5.91 Å². The molecule has 1 amide bonds. The van der Waals surface area contributed by atoms with Crippen LogP contribution in [0.4, 0.5) is 5.69 Å². The van der Waals surface area contributed by atoms with Gasteiger partial charge in [-0.3, -0.25) is 4.79 Å². The molecule has 1 unspecified atom stereocenters. The first kappa shape index (κ1) is 20.5. The number of carbonyl (C=O) groups excluding carboxylic acids is 1. The fraction of sp³-hybridized carbons (Fsp3) is 0.381. The van der Waals surface area contributed by atoms with E-state index in [4.69, 9.17) is 0 Å². The number of anilines is 1. The number of hydrogen-bond acceptors (Lipinski definition) is 3. The molecule has 4 nitrogen and oxygen atoms in total. The molecule has 0 bridgehead atoms. The first-order chi connectivity index (χ1) is 12.5. The van der Waals surface area contributed by atoms with Gasteiger partial charge in [-0.1, -0.05) is 44.9 Å². The highest BCUT2D eigenvalue weighted by atomic mass is 32.2. The van der Waals surface area contributed by atoms with Gasteiger partial charge in [-0.2, -0.15) is 0 Å². The molecular formula is C21H28N2O2S. The van der Waals surface area contributed by atoms with Crippen molar-refractivity contribution in [2.75, 3.05) is 11.9 Å². The Hall–Kier alpha value is -1.82. The number of benzene rings is 2. The Morgan fingerprint density at radius 1 is 1.08 bits per heavy atom. The Bertz CT molecular complexity index is 745. The number of aryl methyl sites for hydroxylation is 2. The molecular weight excluding hydrogens is 344 g/mol. The number of hydrogen-bond donors (Lipinski definition) is 2. The van der Waals surface area contributed by atoms with Crippen LogP contribution in [-0.4, -0.2) is 17.0 Å². The highest BCUT2D eigenvalue weighted by Gasteiger charge is 2.16. The van der Waals surface area contributed by atoms with E-state index in [-0.39, 0.29) is 5.91 Å². The second-order valence-electron chi connectivity index (χ2n) is 6.55. The molecule has 0 spiro atoms. The van der Waals surface area contributed by atoms with Gasteiger partial charge in [-0.25, -0.2) is 0 Å². The average Bonchev–Trinajstić information content (AvgIpc) is 2.64. The molecule has 1 atom stereocenters. The number of rotatable bonds is 8. The lowest BCUT2D eigenvalue weighted by atomic mass is 10.0. The van der Waals surface area contributed by atoms with Gasteiger partial charge in [0.05, 0.1) is 11.4 Å². The second-order valence-corrected chi connectivity index (χ2v) is 7.84. The third-order valence-electron chi connectivity index (χ3n) is 4.71. The molecule has 0 aliphatic carbocycles. The SMILES string of the molecule is CCC(CC)CN[S+]([O-])c1ccc(NC(=O)c2ccccc2C)c(C)c1. The standard InChI is InChI=1S/C21H28N2O2S/c1-5-17(6-2)14-22-26(25)18-11-12-20(16(4)13-18)23-21(24)19-10-8-7-9-15(19)3/h7-13,17,22H,5-6,14H2,1-4H3,(H,23,24). The van der Waals surface area contributed by atoms with E-state index in [0.717, 1.165) is 41.1 Å². The smallest absolute Gasteiger partial charge is 0.255 e. The summed E-state index contributed by atoms with van der Waals surface area (Å²) < 4.78 is 15.6. The van der Waals surface area contributed by atoms with E-state index in [1.807, 2.05) is 50.2 Å². The maximum Gasteiger partial charge on any atom is 0.255 e. The van der Waals surface area contributed by atoms with E-state index in [0.29, 0.717) is 11.5 Å². The lowest BCUT2D eigenvalue weighted by Gasteiger charge is -2.16. The average molecular weight is 373 g/mol. The molecule has 2 rings (SSSR count). The normalized spacial score (nSPS) is 12.2. The molecule has 26 heavy (non-hydrogen) atoms. The van der Waals surface area contributed by atoms with Crippen LogP contribution in [0.1, 0.15) is 48.2 Å². The van der Waals surface area contributed by atoms with Gasteiger partial charge in [0.15, 0.2) is 4.90 Å². The summed E-state index contributed by atoms with van der Waals surface area (Å²) in [6.07, 6.45) is 2.15. The van der Waals surface area contributed by atoms with Crippen LogP contribution in [0.3, 0.4) is 0 Å². The van der Waals surface area contributed by atoms with Gasteiger partial charge in [-0.15, -0.1) is 4.72 Å². The van der Waals surface area contributed by atoms with Gasteiger partial charge in [0.2, 0.25) is 0 Å². The molecule has 0 heterocycles. The Labute approximate surface area is 159 Å². The highest BCUT2D eigenvalue weighted by molar-refractivity contribution is 7.89. The van der Waals surface area contributed by atoms with Gasteiger partial charge in [0, 0.05) is 23.9 Å². The van der Waals surface area contributed by atoms with Crippen molar-refractivity contribution in [3.05, 3.63) is 59.2 Å². The molecule has 0 aliphatic heterocycles. The van der Waals surface area contributed by atoms with E-state index < -0.39 is 11.4 Å². The van der Waals surface area contributed by atoms with Crippen LogP contribution in [0.25, 0.3) is 0 Å². The number of nitrogens with one attached hydrogen (secondary N) is 2. The van der Waals surface area contributed by atoms with Crippen LogP contribution < -0.4 is 10.0 Å². The van der Waals surface area contributed by atoms with Gasteiger partial charge < -0.3 is 9.87 Å². The van der Waals surface area contributed by atoms with Gasteiger partial charge >= 0.3 is 0 Å². The van der Waals surface area contributed by atoms with Crippen LogP contribution in [0.5, 0.6) is 0 Å². The van der Waals surface area contributed by atoms with Crippen molar-refractivity contribution < 1.29 is 9.35 Å². The largest absolute Gasteiger partial charge is 0.593 e. The van der Waals surface area contributed by atoms with Crippen molar-refractivity contribution in [1.29, 1.82) is 0 Å². The van der Waals surface area contributed by atoms with Crippen molar-refractivity contribution in [2.24, 2.45) is 5.92 Å². The van der Waals surface area contributed by atoms with Crippen LogP contribution in [0.2, 0.25) is 0 Å². The Kier molecular flexibility index (Phi) is 7.69. The quantitative estimate of drug-likeness (QED) is 0.665. The summed E-state index contributed by atoms with van der Waals surface area (Å²) in [7, 11) is 0. The molecule has 0 aromatic heterocycles. The maximum absolute atomic E-state index is 12.5. The molecule has 0 radical (unpaired) electrons. The van der Waals surface area contributed by atoms with Crippen LogP contribution in [-0.2, 0) is 11.4 Å². The zero-order valence-corrected chi connectivity index (χ0v) is 16.8. The van der Waals surface area contributed by atoms with E-state index in [1.165, 1.54) is 0 Å². The topological polar surface area (TPSA) is 64.2 Å². The zero-order valence-electron chi connectivity index (χ0n) is 16.0. The van der Waals surface area contributed by atoms with Crippen molar-refractivity contribution in [2.45, 2.75) is 45.4 Å². The molecule has 5 heteroatoms. The number of amides is 1. The molecule has 0 saturated carbocycles. The first-order valence-electron chi connectivity index (χ1n) is 9.09. The molecule has 2 aromatic rings. The van der Waals surface area contributed by atoms with Crippen molar-refractivity contribution in [1.82, 2.24) is 4.72 Å². The molecule has 140 valence electrons. The van der Waals surface area contributed by atoms with E-state index in [9.17, 15) is 9.35 Å². The minimum Gasteiger partial charge on any atom is -0.593 e. The maximum atomic E-state index is 12.5. The third-order valence-corrected chi connectivity index (χ3v) is 5.82. The van der Waals surface area contributed by atoms with E-state index in [2.05, 4.69) is 23.9 Å². The summed E-state index contributed by atoms with van der Waals surface area (Å²) >= 11 is -1.24. The Morgan fingerprint density at radius 2 is 1.77 bits per heavy atom. The van der Waals surface area contributed by atoms with Crippen LogP contribution in [0.15, 0.2) is 47.4 Å². The first-order valence-corrected chi connectivity index (χ1v) is 10.2. The monoisotopic (exact) mass is 372 g/mol. The molecule has 2 aromatic carbocycles. The summed E-state index contributed by atoms with van der Waals surface area (Å²) in [4.78, 5) is 13.2. The van der Waals surface area contributed by atoms with Crippen LogP contribution in [0, 0.1) is 19.8 Å². The van der Waals surface area contributed by atoms with Gasteiger partial charge in [-0.05, 0) is 49.1 Å². The summed E-state index contributed by atoms with van der Waals surface area (Å²) in [5.74, 6) is 0.402. The fourth-order valence-corrected chi connectivity index (χ4v) is 3.79. The van der Waals surface area contributed by atoms with E-state index in [1.54, 1.807) is 6.07 Å². The second kappa shape index (κ2) is 9.76. The predicted molar refractivity (Wildman–Crippen MR) is 109 cm³/mol. The molecule has 0 fully saturated rings. The van der Waals surface area contributed by atoms with Crippen molar-refractivity contribution in [3.8, 4) is 0 Å². The molecule has 0 aliphatic rings. The summed E-state index contributed by atoms with van der Waals surface area (Å²) in [5.41, 5.74) is 3.22. The summed E-state index contributed by atoms with van der Waals surface area (Å²) in [5, 5.41) is 2.94. The Balaban J connectivity index is 2.05. The minimum atomic E-state index is -1.24. The lowest BCUT2D eigenvalue weighted by Crippen LogP contribution is -2.29. The van der Waals surface area contributed by atoms with E-state index >= 15 is 0 Å². The minimum absolute atomic E-state index is 0.132. The highest BCUT2D eigenvalue weighted by Crippen LogP contribution is 2.21. The summed E-state index contributed by atoms with van der Waals surface area (Å²) in [6, 6.07) is 13.0. The van der Waals surface area contributed by atoms with Crippen molar-refractivity contribution in [3.63, 3.8) is 0 Å². The van der Waals surface area contributed by atoms with Gasteiger partial charge in [0.1, 0.15) is 0 Å². The number of carbonyl (C=O) groups is 1. The third kappa shape index (κ3) is 5.34. The lowest BCUT2D eigenvalue weighted by molar-refractivity contribution is 0.102. The molecule has 2 N–H and O–H groups in total. The fourth-order valence-electron chi connectivity index (χ4n) is 2.76. The zero-order chi connectivity index (χ0) is 19.1. The summed E-state index contributed by atoms with van der Waals surface area (Å²) in [6.45, 7) is 8.86. The van der Waals surface area contributed by atoms with Crippen molar-refractivity contribution >= 4 is 23.0 Å². The van der Waals surface area contributed by atoms with Crippen LogP contribution >= 0.6 is 0 Å².